The molecule has 23 heavy (non-hydrogen) atoms. The second kappa shape index (κ2) is 6.87. The van der Waals surface area contributed by atoms with E-state index in [4.69, 9.17) is 0 Å². The van der Waals surface area contributed by atoms with Crippen molar-refractivity contribution >= 4 is 5.91 Å². The van der Waals surface area contributed by atoms with Crippen molar-refractivity contribution < 1.29 is 4.79 Å². The lowest BCUT2D eigenvalue weighted by Gasteiger charge is -2.03. The molecule has 0 unspecified atom stereocenters. The maximum atomic E-state index is 12.1. The van der Waals surface area contributed by atoms with Crippen LogP contribution in [0.3, 0.4) is 0 Å². The van der Waals surface area contributed by atoms with Gasteiger partial charge in [-0.15, -0.1) is 5.10 Å². The Balaban J connectivity index is 1.52. The van der Waals surface area contributed by atoms with Crippen LogP contribution in [0.15, 0.2) is 49.2 Å². The summed E-state index contributed by atoms with van der Waals surface area (Å²) in [6, 6.07) is 7.87. The molecule has 0 atom stereocenters. The molecule has 7 heteroatoms. The molecule has 0 bridgehead atoms. The first-order chi connectivity index (χ1) is 11.2. The van der Waals surface area contributed by atoms with E-state index in [0.29, 0.717) is 12.2 Å². The third-order valence-corrected chi connectivity index (χ3v) is 3.46. The Kier molecular flexibility index (Phi) is 4.46. The van der Waals surface area contributed by atoms with Gasteiger partial charge in [-0.3, -0.25) is 4.79 Å². The van der Waals surface area contributed by atoms with Gasteiger partial charge >= 0.3 is 0 Å². The zero-order chi connectivity index (χ0) is 16.1. The number of rotatable bonds is 6. The van der Waals surface area contributed by atoms with Gasteiger partial charge in [-0.05, 0) is 25.5 Å². The quantitative estimate of drug-likeness (QED) is 0.701. The van der Waals surface area contributed by atoms with Crippen LogP contribution >= 0.6 is 0 Å². The minimum atomic E-state index is -0.214. The number of imidazole rings is 1. The van der Waals surface area contributed by atoms with E-state index in [0.717, 1.165) is 18.7 Å². The van der Waals surface area contributed by atoms with Crippen LogP contribution < -0.4 is 5.32 Å². The van der Waals surface area contributed by atoms with Crippen LogP contribution in [0, 0.1) is 6.92 Å². The Labute approximate surface area is 134 Å². The fourth-order valence-corrected chi connectivity index (χ4v) is 2.16. The number of carbonyl (C=O) groups is 1. The van der Waals surface area contributed by atoms with Gasteiger partial charge < -0.3 is 9.88 Å². The highest BCUT2D eigenvalue weighted by Crippen LogP contribution is 2.08. The number of carbonyl (C=O) groups excluding carboxylic acids is 1. The van der Waals surface area contributed by atoms with Gasteiger partial charge in [-0.2, -0.15) is 0 Å². The first-order valence-corrected chi connectivity index (χ1v) is 7.46. The molecule has 7 nitrogen and oxygen atoms in total. The number of benzene rings is 1. The van der Waals surface area contributed by atoms with Crippen LogP contribution in [0.5, 0.6) is 0 Å². The maximum Gasteiger partial charge on any atom is 0.273 e. The Morgan fingerprint density at radius 3 is 2.83 bits per heavy atom. The molecule has 1 aromatic carbocycles. The highest BCUT2D eigenvalue weighted by atomic mass is 16.2. The summed E-state index contributed by atoms with van der Waals surface area (Å²) in [5.74, 6) is -0.214. The van der Waals surface area contributed by atoms with Crippen molar-refractivity contribution in [3.8, 4) is 5.69 Å². The van der Waals surface area contributed by atoms with Crippen molar-refractivity contribution in [1.29, 1.82) is 0 Å². The average Bonchev–Trinajstić information content (AvgIpc) is 3.24. The number of aromatic nitrogens is 5. The number of aryl methyl sites for hydroxylation is 2. The molecule has 3 aromatic rings. The minimum absolute atomic E-state index is 0.214. The molecule has 0 saturated heterocycles. The Hall–Kier alpha value is -2.96. The topological polar surface area (TPSA) is 77.6 Å². The molecular weight excluding hydrogens is 292 g/mol. The predicted octanol–water partition coefficient (Wildman–Crippen LogP) is 1.59. The molecule has 0 saturated carbocycles. The van der Waals surface area contributed by atoms with E-state index in [2.05, 4.69) is 20.6 Å². The summed E-state index contributed by atoms with van der Waals surface area (Å²) < 4.78 is 3.57. The van der Waals surface area contributed by atoms with E-state index >= 15 is 0 Å². The number of nitrogens with one attached hydrogen (secondary N) is 1. The Morgan fingerprint density at radius 1 is 1.26 bits per heavy atom. The summed E-state index contributed by atoms with van der Waals surface area (Å²) in [6.45, 7) is 3.42. The van der Waals surface area contributed by atoms with Crippen molar-refractivity contribution in [1.82, 2.24) is 29.9 Å². The van der Waals surface area contributed by atoms with E-state index in [-0.39, 0.29) is 5.91 Å². The fraction of sp³-hybridized carbons (Fsp3) is 0.250. The lowest BCUT2D eigenvalue weighted by Crippen LogP contribution is -2.25. The van der Waals surface area contributed by atoms with Crippen molar-refractivity contribution in [2.45, 2.75) is 19.9 Å². The zero-order valence-electron chi connectivity index (χ0n) is 12.9. The number of amides is 1. The first-order valence-electron chi connectivity index (χ1n) is 7.46. The number of hydrogen-bond acceptors (Lipinski definition) is 4. The standard InChI is InChI=1S/C16H18N6O/c1-13-3-5-14(6-4-13)22-11-15(19-20-22)16(23)18-7-2-9-21-10-8-17-12-21/h3-6,8,10-12H,2,7,9H2,1H3,(H,18,23). The third-order valence-electron chi connectivity index (χ3n) is 3.46. The molecule has 2 aromatic heterocycles. The van der Waals surface area contributed by atoms with Crippen molar-refractivity contribution in [2.75, 3.05) is 6.54 Å². The predicted molar refractivity (Wildman–Crippen MR) is 85.3 cm³/mol. The van der Waals surface area contributed by atoms with Gasteiger partial charge in [0.2, 0.25) is 0 Å². The molecule has 0 radical (unpaired) electrons. The summed E-state index contributed by atoms with van der Waals surface area (Å²) in [4.78, 5) is 16.0. The van der Waals surface area contributed by atoms with Crippen LogP contribution in [0.4, 0.5) is 0 Å². The van der Waals surface area contributed by atoms with E-state index < -0.39 is 0 Å². The van der Waals surface area contributed by atoms with E-state index in [9.17, 15) is 4.79 Å². The lowest BCUT2D eigenvalue weighted by atomic mass is 10.2. The van der Waals surface area contributed by atoms with Crippen molar-refractivity contribution in [3.05, 3.63) is 60.4 Å². The Bertz CT molecular complexity index is 760. The molecule has 0 aliphatic heterocycles. The maximum absolute atomic E-state index is 12.1. The summed E-state index contributed by atoms with van der Waals surface area (Å²) in [6.07, 6.45) is 7.86. The van der Waals surface area contributed by atoms with Gasteiger partial charge in [0.25, 0.3) is 5.91 Å². The van der Waals surface area contributed by atoms with Crippen LogP contribution in [-0.4, -0.2) is 37.0 Å². The molecular formula is C16H18N6O. The molecule has 1 amide bonds. The van der Waals surface area contributed by atoms with Crippen LogP contribution in [0.25, 0.3) is 5.69 Å². The second-order valence-corrected chi connectivity index (χ2v) is 5.29. The van der Waals surface area contributed by atoms with Crippen LogP contribution in [0.2, 0.25) is 0 Å². The monoisotopic (exact) mass is 310 g/mol. The van der Waals surface area contributed by atoms with Crippen molar-refractivity contribution in [2.24, 2.45) is 0 Å². The molecule has 2 heterocycles. The molecule has 118 valence electrons. The van der Waals surface area contributed by atoms with Gasteiger partial charge in [0.15, 0.2) is 5.69 Å². The van der Waals surface area contributed by atoms with E-state index in [1.54, 1.807) is 23.4 Å². The number of hydrogen-bond donors (Lipinski definition) is 1. The third kappa shape index (κ3) is 3.82. The Morgan fingerprint density at radius 2 is 2.09 bits per heavy atom. The van der Waals surface area contributed by atoms with Crippen LogP contribution in [0.1, 0.15) is 22.5 Å². The van der Waals surface area contributed by atoms with Gasteiger partial charge in [0, 0.05) is 25.5 Å². The molecule has 0 fully saturated rings. The van der Waals surface area contributed by atoms with Gasteiger partial charge in [-0.25, -0.2) is 9.67 Å². The zero-order valence-corrected chi connectivity index (χ0v) is 12.9. The molecule has 3 rings (SSSR count). The molecule has 1 N–H and O–H groups in total. The fourth-order valence-electron chi connectivity index (χ4n) is 2.16. The smallest absolute Gasteiger partial charge is 0.273 e. The largest absolute Gasteiger partial charge is 0.351 e. The van der Waals surface area contributed by atoms with Gasteiger partial charge in [-0.1, -0.05) is 22.9 Å². The van der Waals surface area contributed by atoms with Crippen molar-refractivity contribution in [3.63, 3.8) is 0 Å². The average molecular weight is 310 g/mol. The SMILES string of the molecule is Cc1ccc(-n2cc(C(=O)NCCCn3ccnc3)nn2)cc1. The first kappa shape index (κ1) is 15.0. The lowest BCUT2D eigenvalue weighted by molar-refractivity contribution is 0.0947. The second-order valence-electron chi connectivity index (χ2n) is 5.29. The van der Waals surface area contributed by atoms with Gasteiger partial charge in [0.05, 0.1) is 18.2 Å². The van der Waals surface area contributed by atoms with E-state index in [1.807, 2.05) is 42.0 Å². The molecule has 0 aliphatic rings. The van der Waals surface area contributed by atoms with Crippen LogP contribution in [-0.2, 0) is 6.54 Å². The summed E-state index contributed by atoms with van der Waals surface area (Å²) in [7, 11) is 0. The summed E-state index contributed by atoms with van der Waals surface area (Å²) in [5.41, 5.74) is 2.36. The molecule has 0 aliphatic carbocycles. The normalized spacial score (nSPS) is 10.7. The summed E-state index contributed by atoms with van der Waals surface area (Å²) >= 11 is 0. The van der Waals surface area contributed by atoms with Gasteiger partial charge in [0.1, 0.15) is 0 Å². The highest BCUT2D eigenvalue weighted by molar-refractivity contribution is 5.91. The molecule has 0 spiro atoms. The summed E-state index contributed by atoms with van der Waals surface area (Å²) in [5, 5.41) is 10.8. The minimum Gasteiger partial charge on any atom is -0.351 e. The number of nitrogens with zero attached hydrogens (tertiary/aromatic N) is 5. The highest BCUT2D eigenvalue weighted by Gasteiger charge is 2.10. The van der Waals surface area contributed by atoms with E-state index in [1.165, 1.54) is 5.56 Å².